The molecule has 1 aromatic carbocycles. The maximum Gasteiger partial charge on any atom is 0.253 e. The Labute approximate surface area is 125 Å². The average Bonchev–Trinajstić information content (AvgIpc) is 2.91. The molecule has 0 bridgehead atoms. The number of benzene rings is 1. The first-order valence-electron chi connectivity index (χ1n) is 7.68. The van der Waals surface area contributed by atoms with Crippen LogP contribution in [0.1, 0.15) is 36.0 Å². The van der Waals surface area contributed by atoms with E-state index in [1.165, 1.54) is 25.8 Å². The number of carbonyl (C=O) groups is 1. The van der Waals surface area contributed by atoms with Gasteiger partial charge in [0.15, 0.2) is 0 Å². The highest BCUT2D eigenvalue weighted by Crippen LogP contribution is 2.28. The minimum absolute atomic E-state index is 0.0937. The second-order valence-corrected chi connectivity index (χ2v) is 5.89. The van der Waals surface area contributed by atoms with E-state index in [0.717, 1.165) is 13.0 Å². The number of nitrogens with two attached hydrogens (primary N) is 1. The lowest BCUT2D eigenvalue weighted by molar-refractivity contribution is 0.0916. The van der Waals surface area contributed by atoms with Crippen molar-refractivity contribution in [2.24, 2.45) is 0 Å². The number of para-hydroxylation sites is 1. The number of ether oxygens (including phenoxy) is 1. The predicted molar refractivity (Wildman–Crippen MR) is 82.5 cm³/mol. The Hall–Kier alpha value is -1.75. The molecule has 2 aliphatic rings. The molecular formula is C16H23N3O2. The van der Waals surface area contributed by atoms with Crippen LogP contribution in [0.5, 0.6) is 5.75 Å². The van der Waals surface area contributed by atoms with Crippen molar-refractivity contribution in [2.45, 2.75) is 37.8 Å². The third-order valence-corrected chi connectivity index (χ3v) is 4.70. The molecule has 5 heteroatoms. The number of nitrogens with zero attached hydrogens (tertiary/aromatic N) is 1. The third-order valence-electron chi connectivity index (χ3n) is 4.70. The number of carbonyl (C=O) groups excluding carboxylic acids is 1. The predicted octanol–water partition coefficient (Wildman–Crippen LogP) is 1.63. The van der Waals surface area contributed by atoms with E-state index in [4.69, 9.17) is 10.5 Å². The van der Waals surface area contributed by atoms with Crippen molar-refractivity contribution in [2.75, 3.05) is 25.9 Å². The zero-order chi connectivity index (χ0) is 14.8. The van der Waals surface area contributed by atoms with Gasteiger partial charge in [-0.2, -0.15) is 0 Å². The van der Waals surface area contributed by atoms with E-state index in [2.05, 4.69) is 10.2 Å². The van der Waals surface area contributed by atoms with Crippen LogP contribution in [0.15, 0.2) is 18.2 Å². The monoisotopic (exact) mass is 289 g/mol. The molecule has 1 amide bonds. The van der Waals surface area contributed by atoms with E-state index in [0.29, 0.717) is 23.0 Å². The van der Waals surface area contributed by atoms with Crippen molar-refractivity contribution in [1.29, 1.82) is 0 Å². The summed E-state index contributed by atoms with van der Waals surface area (Å²) in [6.45, 7) is 2.25. The van der Waals surface area contributed by atoms with Crippen LogP contribution in [-0.4, -0.2) is 43.1 Å². The number of piperidine rings is 1. The highest BCUT2D eigenvalue weighted by Gasteiger charge is 2.36. The third kappa shape index (κ3) is 2.70. The molecule has 2 unspecified atom stereocenters. The molecule has 2 saturated heterocycles. The smallest absolute Gasteiger partial charge is 0.253 e. The maximum absolute atomic E-state index is 12.5. The molecule has 2 aliphatic heterocycles. The summed E-state index contributed by atoms with van der Waals surface area (Å²) in [4.78, 5) is 15.0. The summed E-state index contributed by atoms with van der Waals surface area (Å²) in [6, 6.07) is 6.05. The van der Waals surface area contributed by atoms with Crippen LogP contribution in [0, 0.1) is 0 Å². The summed E-state index contributed by atoms with van der Waals surface area (Å²) in [7, 11) is 1.56. The fourth-order valence-electron chi connectivity index (χ4n) is 3.58. The molecule has 0 saturated carbocycles. The highest BCUT2D eigenvalue weighted by atomic mass is 16.5. The number of amides is 1. The first-order chi connectivity index (χ1) is 10.2. The fourth-order valence-corrected chi connectivity index (χ4v) is 3.58. The fraction of sp³-hybridized carbons (Fsp3) is 0.562. The van der Waals surface area contributed by atoms with Crippen molar-refractivity contribution >= 4 is 11.6 Å². The highest BCUT2D eigenvalue weighted by molar-refractivity contribution is 6.00. The van der Waals surface area contributed by atoms with Crippen LogP contribution in [0.4, 0.5) is 5.69 Å². The second-order valence-electron chi connectivity index (χ2n) is 5.89. The summed E-state index contributed by atoms with van der Waals surface area (Å²) >= 11 is 0. The first-order valence-corrected chi connectivity index (χ1v) is 7.68. The van der Waals surface area contributed by atoms with Crippen LogP contribution in [0.2, 0.25) is 0 Å². The number of nitrogens with one attached hydrogen (secondary N) is 1. The van der Waals surface area contributed by atoms with Gasteiger partial charge in [0.2, 0.25) is 0 Å². The molecule has 21 heavy (non-hydrogen) atoms. The van der Waals surface area contributed by atoms with Gasteiger partial charge in [0.1, 0.15) is 5.75 Å². The number of hydrogen-bond donors (Lipinski definition) is 2. The zero-order valence-electron chi connectivity index (χ0n) is 12.5. The molecule has 2 atom stereocenters. The average molecular weight is 289 g/mol. The van der Waals surface area contributed by atoms with Gasteiger partial charge in [0.25, 0.3) is 5.91 Å². The molecular weight excluding hydrogens is 266 g/mol. The van der Waals surface area contributed by atoms with Crippen molar-refractivity contribution in [3.63, 3.8) is 0 Å². The lowest BCUT2D eigenvalue weighted by Crippen LogP contribution is -2.46. The maximum atomic E-state index is 12.5. The van der Waals surface area contributed by atoms with Gasteiger partial charge >= 0.3 is 0 Å². The van der Waals surface area contributed by atoms with Crippen LogP contribution in [-0.2, 0) is 0 Å². The Bertz CT molecular complexity index is 532. The lowest BCUT2D eigenvalue weighted by atomic mass is 9.98. The standard InChI is InChI=1S/C16H23N3O2/c1-21-14-7-4-5-11(15(14)17)16(20)18-12-8-10-19-9-3-2-6-13(12)19/h4-5,7,12-13H,2-3,6,8-10,17H2,1H3,(H,18,20). The van der Waals surface area contributed by atoms with E-state index in [-0.39, 0.29) is 11.9 Å². The molecule has 0 radical (unpaired) electrons. The van der Waals surface area contributed by atoms with Gasteiger partial charge in [-0.1, -0.05) is 12.5 Å². The van der Waals surface area contributed by atoms with Gasteiger partial charge in [-0.05, 0) is 37.9 Å². The van der Waals surface area contributed by atoms with Crippen LogP contribution in [0.25, 0.3) is 0 Å². The number of hydrogen-bond acceptors (Lipinski definition) is 4. The quantitative estimate of drug-likeness (QED) is 0.830. The Kier molecular flexibility index (Phi) is 4.01. The van der Waals surface area contributed by atoms with Gasteiger partial charge in [-0.3, -0.25) is 9.69 Å². The summed E-state index contributed by atoms with van der Waals surface area (Å²) in [5.41, 5.74) is 6.92. The summed E-state index contributed by atoms with van der Waals surface area (Å²) in [5, 5.41) is 3.17. The van der Waals surface area contributed by atoms with Gasteiger partial charge in [0.05, 0.1) is 18.4 Å². The molecule has 3 N–H and O–H groups in total. The summed E-state index contributed by atoms with van der Waals surface area (Å²) < 4.78 is 5.18. The van der Waals surface area contributed by atoms with Crippen molar-refractivity contribution in [1.82, 2.24) is 10.2 Å². The molecule has 3 rings (SSSR count). The molecule has 2 fully saturated rings. The van der Waals surface area contributed by atoms with Crippen LogP contribution >= 0.6 is 0 Å². The molecule has 1 aromatic rings. The number of rotatable bonds is 3. The van der Waals surface area contributed by atoms with Crippen LogP contribution in [0.3, 0.4) is 0 Å². The van der Waals surface area contributed by atoms with Crippen molar-refractivity contribution < 1.29 is 9.53 Å². The van der Waals surface area contributed by atoms with Crippen LogP contribution < -0.4 is 15.8 Å². The number of fused-ring (bicyclic) bond motifs is 1. The number of anilines is 1. The molecule has 114 valence electrons. The largest absolute Gasteiger partial charge is 0.495 e. The minimum atomic E-state index is -0.0937. The van der Waals surface area contributed by atoms with Crippen molar-refractivity contribution in [3.8, 4) is 5.75 Å². The minimum Gasteiger partial charge on any atom is -0.495 e. The summed E-state index contributed by atoms with van der Waals surface area (Å²) in [5.74, 6) is 0.456. The van der Waals surface area contributed by atoms with E-state index in [1.807, 2.05) is 0 Å². The number of methoxy groups -OCH3 is 1. The molecule has 0 aliphatic carbocycles. The Morgan fingerprint density at radius 2 is 2.19 bits per heavy atom. The number of nitrogen functional groups attached to an aromatic ring is 1. The molecule has 2 heterocycles. The van der Waals surface area contributed by atoms with Gasteiger partial charge in [-0.15, -0.1) is 0 Å². The Morgan fingerprint density at radius 1 is 1.33 bits per heavy atom. The first kappa shape index (κ1) is 14.2. The van der Waals surface area contributed by atoms with E-state index in [1.54, 1.807) is 25.3 Å². The van der Waals surface area contributed by atoms with E-state index in [9.17, 15) is 4.79 Å². The topological polar surface area (TPSA) is 67.6 Å². The van der Waals surface area contributed by atoms with Gasteiger partial charge < -0.3 is 15.8 Å². The summed E-state index contributed by atoms with van der Waals surface area (Å²) in [6.07, 6.45) is 4.74. The zero-order valence-corrected chi connectivity index (χ0v) is 12.5. The molecule has 0 spiro atoms. The lowest BCUT2D eigenvalue weighted by Gasteiger charge is -2.32. The van der Waals surface area contributed by atoms with E-state index < -0.39 is 0 Å². The van der Waals surface area contributed by atoms with E-state index >= 15 is 0 Å². The Balaban J connectivity index is 1.72. The second kappa shape index (κ2) is 5.93. The normalized spacial score (nSPS) is 25.4. The van der Waals surface area contributed by atoms with Gasteiger partial charge in [-0.25, -0.2) is 0 Å². The Morgan fingerprint density at radius 3 is 3.00 bits per heavy atom. The van der Waals surface area contributed by atoms with Gasteiger partial charge in [0, 0.05) is 18.6 Å². The molecule has 0 aromatic heterocycles. The molecule has 5 nitrogen and oxygen atoms in total. The SMILES string of the molecule is COc1cccc(C(=O)NC2CCN3CCCCC23)c1N. The van der Waals surface area contributed by atoms with Crippen molar-refractivity contribution in [3.05, 3.63) is 23.8 Å².